The maximum atomic E-state index is 5.40. The van der Waals surface area contributed by atoms with Crippen molar-refractivity contribution < 1.29 is 0 Å². The summed E-state index contributed by atoms with van der Waals surface area (Å²) in [6.07, 6.45) is 10.8. The Kier molecular flexibility index (Phi) is 11.9. The molecule has 0 atom stereocenters. The molecule has 1 heterocycles. The topological polar surface area (TPSA) is 24.7 Å². The second kappa shape index (κ2) is 18.1. The largest absolute Gasteiger partial charge is 0.280 e. The first kappa shape index (κ1) is 38.9. The minimum Gasteiger partial charge on any atom is -0.280 e. The van der Waals surface area contributed by atoms with Crippen molar-refractivity contribution in [1.29, 1.82) is 0 Å². The minimum absolute atomic E-state index is 0.478. The van der Waals surface area contributed by atoms with E-state index in [4.69, 9.17) is 4.99 Å². The highest BCUT2D eigenvalue weighted by Crippen LogP contribution is 2.40. The molecule has 0 aliphatic heterocycles. The predicted molar refractivity (Wildman–Crippen MR) is 258 cm³/mol. The number of thiophene rings is 1. The maximum Gasteiger partial charge on any atom is 0.0748 e. The van der Waals surface area contributed by atoms with Crippen LogP contribution in [-0.2, 0) is 6.54 Å². The molecule has 0 N–H and O–H groups in total. The van der Waals surface area contributed by atoms with Crippen molar-refractivity contribution in [3.05, 3.63) is 233 Å². The van der Waals surface area contributed by atoms with E-state index >= 15 is 0 Å². The van der Waals surface area contributed by atoms with Crippen LogP contribution >= 0.6 is 11.3 Å². The van der Waals surface area contributed by atoms with Crippen molar-refractivity contribution >= 4 is 61.3 Å². The van der Waals surface area contributed by atoms with Gasteiger partial charge in [-0.3, -0.25) is 9.98 Å². The number of allylic oxidation sites excluding steroid dienone is 6. The second-order valence-corrected chi connectivity index (χ2v) is 15.7. The lowest BCUT2D eigenvalue weighted by atomic mass is 9.93. The molecule has 0 saturated carbocycles. The first-order valence-electron chi connectivity index (χ1n) is 20.1. The summed E-state index contributed by atoms with van der Waals surface area (Å²) in [4.78, 5) is 9.97. The Balaban J connectivity index is 1.24. The van der Waals surface area contributed by atoms with Crippen LogP contribution in [0.25, 0.3) is 59.8 Å². The molecule has 1 aromatic heterocycles. The third-order valence-corrected chi connectivity index (χ3v) is 11.9. The normalized spacial score (nSPS) is 12.8. The van der Waals surface area contributed by atoms with E-state index < -0.39 is 0 Å². The zero-order chi connectivity index (χ0) is 40.6. The number of rotatable bonds is 12. The fourth-order valence-electron chi connectivity index (χ4n) is 7.68. The molecule has 286 valence electrons. The van der Waals surface area contributed by atoms with E-state index in [0.717, 1.165) is 67.1 Å². The molecule has 0 aliphatic rings. The number of benzene rings is 7. The molecule has 0 radical (unpaired) electrons. The van der Waals surface area contributed by atoms with Gasteiger partial charge in [0.05, 0.1) is 18.0 Å². The van der Waals surface area contributed by atoms with Gasteiger partial charge < -0.3 is 0 Å². The summed E-state index contributed by atoms with van der Waals surface area (Å²) in [5, 5.41) is 2.62. The highest BCUT2D eigenvalue weighted by atomic mass is 32.1. The maximum absolute atomic E-state index is 5.40. The van der Waals surface area contributed by atoms with Crippen LogP contribution in [0.5, 0.6) is 0 Å². The Morgan fingerprint density at radius 2 is 1.36 bits per heavy atom. The molecule has 3 heteroatoms. The van der Waals surface area contributed by atoms with Gasteiger partial charge in [0.2, 0.25) is 0 Å². The second-order valence-electron chi connectivity index (χ2n) is 14.6. The number of aryl methyl sites for hydroxylation is 1. The van der Waals surface area contributed by atoms with Crippen molar-refractivity contribution in [1.82, 2.24) is 0 Å². The average molecular weight is 779 g/mol. The molecule has 0 saturated heterocycles. The smallest absolute Gasteiger partial charge is 0.0748 e. The van der Waals surface area contributed by atoms with E-state index in [1.165, 1.54) is 31.3 Å². The van der Waals surface area contributed by atoms with E-state index in [1.54, 1.807) is 0 Å². The van der Waals surface area contributed by atoms with Gasteiger partial charge in [-0.25, -0.2) is 0 Å². The van der Waals surface area contributed by atoms with E-state index in [2.05, 4.69) is 221 Å². The number of hydrogen-bond acceptors (Lipinski definition) is 3. The third-order valence-electron chi connectivity index (χ3n) is 10.7. The third kappa shape index (κ3) is 8.67. The lowest BCUT2D eigenvalue weighted by molar-refractivity contribution is 1.06. The molecule has 7 aromatic carbocycles. The summed E-state index contributed by atoms with van der Waals surface area (Å²) in [7, 11) is 0. The van der Waals surface area contributed by atoms with Gasteiger partial charge in [0.25, 0.3) is 0 Å². The van der Waals surface area contributed by atoms with E-state index in [-0.39, 0.29) is 0 Å². The Labute approximate surface area is 352 Å². The summed E-state index contributed by atoms with van der Waals surface area (Å²) in [5.41, 5.74) is 15.2. The standard InChI is InChI=1S/C56H46N2S/c1-5-6-21-43(30-29-41-19-9-7-10-20-41)47-35-42(38-58-54(46-22-11-8-12-23-46)40(3)55(57-4)49-24-14-13-18-39(49)2)36-48(37-47)44-31-33-45(34-32-44)50-26-17-27-52-51-25-15-16-28-53(51)59-56(50)52/h5-37H,4,38H2,1-3H3/b6-5-,30-29+,43-21+,55-40-,58-54?. The Hall–Kier alpha value is -6.94. The van der Waals surface area contributed by atoms with Gasteiger partial charge in [0.1, 0.15) is 0 Å². The quantitative estimate of drug-likeness (QED) is 0.0872. The van der Waals surface area contributed by atoms with Crippen molar-refractivity contribution in [3.63, 3.8) is 0 Å². The van der Waals surface area contributed by atoms with Gasteiger partial charge in [-0.2, -0.15) is 0 Å². The van der Waals surface area contributed by atoms with Crippen molar-refractivity contribution in [2.45, 2.75) is 27.3 Å². The molecule has 8 aromatic rings. The SMILES string of the molecule is C=N/C(=C(/C)C(=NCc1cc(C(/C=C/c2ccccc2)=C/C=C\C)cc(-c2ccc(-c3cccc4c3sc3ccccc34)cc2)c1)c1ccccc1)c1ccccc1C. The molecular weight excluding hydrogens is 733 g/mol. The molecule has 0 bridgehead atoms. The first-order valence-corrected chi connectivity index (χ1v) is 20.9. The molecule has 8 rings (SSSR count). The Morgan fingerprint density at radius 3 is 2.12 bits per heavy atom. The fraction of sp³-hybridized carbons (Fsp3) is 0.0714. The summed E-state index contributed by atoms with van der Waals surface area (Å²) < 4.78 is 2.64. The fourth-order valence-corrected chi connectivity index (χ4v) is 8.92. The van der Waals surface area contributed by atoms with Crippen LogP contribution in [-0.4, -0.2) is 12.4 Å². The van der Waals surface area contributed by atoms with Crippen molar-refractivity contribution in [3.8, 4) is 22.3 Å². The van der Waals surface area contributed by atoms with E-state index in [9.17, 15) is 0 Å². The van der Waals surface area contributed by atoms with Gasteiger partial charge in [-0.1, -0.05) is 176 Å². The lowest BCUT2D eigenvalue weighted by Crippen LogP contribution is -2.07. The van der Waals surface area contributed by atoms with Crippen LogP contribution in [0.2, 0.25) is 0 Å². The highest BCUT2D eigenvalue weighted by molar-refractivity contribution is 7.26. The molecule has 0 amide bonds. The Bertz CT molecular complexity index is 2920. The van der Waals surface area contributed by atoms with E-state index in [0.29, 0.717) is 6.54 Å². The van der Waals surface area contributed by atoms with Crippen LogP contribution in [0, 0.1) is 6.92 Å². The van der Waals surface area contributed by atoms with Crippen LogP contribution in [0.1, 0.15) is 47.2 Å². The summed E-state index contributed by atoms with van der Waals surface area (Å²) >= 11 is 1.87. The highest BCUT2D eigenvalue weighted by Gasteiger charge is 2.15. The molecule has 59 heavy (non-hydrogen) atoms. The monoisotopic (exact) mass is 778 g/mol. The zero-order valence-corrected chi connectivity index (χ0v) is 34.6. The van der Waals surface area contributed by atoms with Gasteiger partial charge in [-0.05, 0) is 102 Å². The predicted octanol–water partition coefficient (Wildman–Crippen LogP) is 15.5. The number of hydrogen-bond donors (Lipinski definition) is 0. The van der Waals surface area contributed by atoms with Crippen molar-refractivity contribution in [2.75, 3.05) is 0 Å². The number of aliphatic imine (C=N–C) groups is 2. The van der Waals surface area contributed by atoms with Crippen LogP contribution in [0.4, 0.5) is 0 Å². The van der Waals surface area contributed by atoms with Gasteiger partial charge in [0, 0.05) is 36.9 Å². The van der Waals surface area contributed by atoms with Crippen molar-refractivity contribution in [2.24, 2.45) is 9.98 Å². The molecule has 0 unspecified atom stereocenters. The Morgan fingerprint density at radius 1 is 0.661 bits per heavy atom. The molecule has 2 nitrogen and oxygen atoms in total. The van der Waals surface area contributed by atoms with Gasteiger partial charge in [-0.15, -0.1) is 11.3 Å². The van der Waals surface area contributed by atoms with Gasteiger partial charge in [0.15, 0.2) is 0 Å². The summed E-state index contributed by atoms with van der Waals surface area (Å²) in [6.45, 7) is 10.8. The average Bonchev–Trinajstić information content (AvgIpc) is 3.67. The first-order chi connectivity index (χ1) is 29.0. The molecule has 0 spiro atoms. The zero-order valence-electron chi connectivity index (χ0n) is 33.8. The summed E-state index contributed by atoms with van der Waals surface area (Å²) in [5.74, 6) is 0. The number of fused-ring (bicyclic) bond motifs is 3. The minimum atomic E-state index is 0.478. The molecular formula is C56H46N2S. The molecule has 0 aliphatic carbocycles. The number of nitrogens with zero attached hydrogens (tertiary/aromatic N) is 2. The van der Waals surface area contributed by atoms with Crippen LogP contribution < -0.4 is 0 Å². The van der Waals surface area contributed by atoms with Crippen LogP contribution in [0.15, 0.2) is 210 Å². The van der Waals surface area contributed by atoms with Crippen LogP contribution in [0.3, 0.4) is 0 Å². The molecule has 0 fully saturated rings. The van der Waals surface area contributed by atoms with Gasteiger partial charge >= 0.3 is 0 Å². The van der Waals surface area contributed by atoms with E-state index in [1.807, 2.05) is 23.5 Å². The summed E-state index contributed by atoms with van der Waals surface area (Å²) in [6, 6.07) is 60.5. The lowest BCUT2D eigenvalue weighted by Gasteiger charge is -2.15.